The number of ether oxygens (including phenoxy) is 1. The standard InChI is InChI=1S/C16H18N2O4/c1-4-12-9-10(2)14(21-12)15(19)22-13-7-5-11(6-8-13)18(3)16(17)20/h5-9H,4H2,1-3H3,(H2,17,20). The van der Waals surface area contributed by atoms with Gasteiger partial charge in [-0.15, -0.1) is 0 Å². The fraction of sp³-hybridized carbons (Fsp3) is 0.250. The van der Waals surface area contributed by atoms with Crippen LogP contribution in [0.15, 0.2) is 34.7 Å². The summed E-state index contributed by atoms with van der Waals surface area (Å²) >= 11 is 0. The summed E-state index contributed by atoms with van der Waals surface area (Å²) in [6.07, 6.45) is 0.711. The Kier molecular flexibility index (Phi) is 4.50. The first-order valence-electron chi connectivity index (χ1n) is 6.87. The van der Waals surface area contributed by atoms with Gasteiger partial charge in [-0.2, -0.15) is 0 Å². The first-order chi connectivity index (χ1) is 10.4. The van der Waals surface area contributed by atoms with Crippen LogP contribution in [0.5, 0.6) is 5.75 Å². The molecule has 0 aliphatic heterocycles. The lowest BCUT2D eigenvalue weighted by molar-refractivity contribution is 0.0698. The van der Waals surface area contributed by atoms with Crippen molar-refractivity contribution in [3.63, 3.8) is 0 Å². The highest BCUT2D eigenvalue weighted by atomic mass is 16.5. The number of nitrogens with zero attached hydrogens (tertiary/aromatic N) is 1. The summed E-state index contributed by atoms with van der Waals surface area (Å²) in [5.41, 5.74) is 6.53. The summed E-state index contributed by atoms with van der Waals surface area (Å²) in [6.45, 7) is 3.74. The van der Waals surface area contributed by atoms with Gasteiger partial charge in [-0.05, 0) is 37.3 Å². The Morgan fingerprint density at radius 2 is 1.91 bits per heavy atom. The Labute approximate surface area is 128 Å². The van der Waals surface area contributed by atoms with Crippen molar-refractivity contribution in [2.45, 2.75) is 20.3 Å². The maximum atomic E-state index is 12.1. The molecule has 116 valence electrons. The predicted molar refractivity (Wildman–Crippen MR) is 82.2 cm³/mol. The normalized spacial score (nSPS) is 10.3. The van der Waals surface area contributed by atoms with E-state index in [4.69, 9.17) is 14.9 Å². The topological polar surface area (TPSA) is 85.8 Å². The van der Waals surface area contributed by atoms with Crippen LogP contribution >= 0.6 is 0 Å². The minimum atomic E-state index is -0.567. The molecule has 0 bridgehead atoms. The lowest BCUT2D eigenvalue weighted by Crippen LogP contribution is -2.31. The van der Waals surface area contributed by atoms with Gasteiger partial charge in [0.1, 0.15) is 11.5 Å². The molecule has 1 aromatic carbocycles. The third-order valence-corrected chi connectivity index (χ3v) is 3.27. The predicted octanol–water partition coefficient (Wildman–Crippen LogP) is 2.88. The molecule has 0 fully saturated rings. The van der Waals surface area contributed by atoms with Crippen molar-refractivity contribution in [3.8, 4) is 5.75 Å². The molecule has 0 aliphatic carbocycles. The van der Waals surface area contributed by atoms with E-state index in [1.807, 2.05) is 13.0 Å². The Hall–Kier alpha value is -2.76. The monoisotopic (exact) mass is 302 g/mol. The van der Waals surface area contributed by atoms with Crippen molar-refractivity contribution in [2.24, 2.45) is 5.73 Å². The average Bonchev–Trinajstić information content (AvgIpc) is 2.88. The van der Waals surface area contributed by atoms with Gasteiger partial charge >= 0.3 is 12.0 Å². The lowest BCUT2D eigenvalue weighted by atomic mass is 10.2. The Bertz CT molecular complexity index is 689. The van der Waals surface area contributed by atoms with Gasteiger partial charge in [0, 0.05) is 24.7 Å². The maximum absolute atomic E-state index is 12.1. The largest absolute Gasteiger partial charge is 0.454 e. The van der Waals surface area contributed by atoms with E-state index in [1.165, 1.54) is 4.90 Å². The molecule has 0 atom stereocenters. The molecule has 2 N–H and O–H groups in total. The number of amides is 2. The van der Waals surface area contributed by atoms with Gasteiger partial charge in [-0.3, -0.25) is 4.90 Å². The summed E-state index contributed by atoms with van der Waals surface area (Å²) in [6, 6.07) is 7.71. The summed E-state index contributed by atoms with van der Waals surface area (Å²) < 4.78 is 10.7. The number of esters is 1. The van der Waals surface area contributed by atoms with Gasteiger partial charge in [-0.1, -0.05) is 6.92 Å². The van der Waals surface area contributed by atoms with Crippen LogP contribution in [0, 0.1) is 6.92 Å². The second kappa shape index (κ2) is 6.34. The molecule has 6 nitrogen and oxygen atoms in total. The fourth-order valence-corrected chi connectivity index (χ4v) is 1.94. The molecule has 0 saturated carbocycles. The maximum Gasteiger partial charge on any atom is 0.379 e. The molecule has 2 rings (SSSR count). The molecular weight excluding hydrogens is 284 g/mol. The van der Waals surface area contributed by atoms with Crippen LogP contribution in [0.1, 0.15) is 28.8 Å². The number of anilines is 1. The SMILES string of the molecule is CCc1cc(C)c(C(=O)Oc2ccc(N(C)C(N)=O)cc2)o1. The molecule has 22 heavy (non-hydrogen) atoms. The lowest BCUT2D eigenvalue weighted by Gasteiger charge is -2.14. The second-order valence-corrected chi connectivity index (χ2v) is 4.86. The van der Waals surface area contributed by atoms with Gasteiger partial charge < -0.3 is 14.9 Å². The van der Waals surface area contributed by atoms with Crippen molar-refractivity contribution in [1.29, 1.82) is 0 Å². The molecule has 1 aromatic heterocycles. The van der Waals surface area contributed by atoms with Crippen LogP contribution in [-0.4, -0.2) is 19.0 Å². The summed E-state index contributed by atoms with van der Waals surface area (Å²) in [5, 5.41) is 0. The minimum absolute atomic E-state index is 0.204. The van der Waals surface area contributed by atoms with Gasteiger partial charge in [0.05, 0.1) is 0 Å². The Morgan fingerprint density at radius 3 is 2.41 bits per heavy atom. The van der Waals surface area contributed by atoms with Crippen LogP contribution in [0.4, 0.5) is 10.5 Å². The number of rotatable bonds is 4. The van der Waals surface area contributed by atoms with Crippen molar-refractivity contribution in [2.75, 3.05) is 11.9 Å². The number of urea groups is 1. The molecular formula is C16H18N2O4. The third-order valence-electron chi connectivity index (χ3n) is 3.27. The van der Waals surface area contributed by atoms with E-state index in [2.05, 4.69) is 0 Å². The van der Waals surface area contributed by atoms with E-state index < -0.39 is 12.0 Å². The zero-order valence-electron chi connectivity index (χ0n) is 12.8. The van der Waals surface area contributed by atoms with Crippen molar-refractivity contribution < 1.29 is 18.7 Å². The smallest absolute Gasteiger partial charge is 0.379 e. The fourth-order valence-electron chi connectivity index (χ4n) is 1.94. The average molecular weight is 302 g/mol. The third kappa shape index (κ3) is 3.28. The van der Waals surface area contributed by atoms with E-state index in [1.54, 1.807) is 38.2 Å². The molecule has 0 spiro atoms. The number of furan rings is 1. The van der Waals surface area contributed by atoms with Crippen LogP contribution in [-0.2, 0) is 6.42 Å². The first kappa shape index (κ1) is 15.6. The number of nitrogens with two attached hydrogens (primary N) is 1. The van der Waals surface area contributed by atoms with Crippen LogP contribution < -0.4 is 15.4 Å². The number of primary amides is 1. The van der Waals surface area contributed by atoms with Gasteiger partial charge in [0.25, 0.3) is 0 Å². The molecule has 0 unspecified atom stereocenters. The molecule has 1 heterocycles. The summed E-state index contributed by atoms with van der Waals surface area (Å²) in [4.78, 5) is 24.4. The number of hydrogen-bond donors (Lipinski definition) is 1. The van der Waals surface area contributed by atoms with E-state index >= 15 is 0 Å². The number of carbonyl (C=O) groups is 2. The van der Waals surface area contributed by atoms with Crippen LogP contribution in [0.3, 0.4) is 0 Å². The molecule has 0 aliphatic rings. The number of carbonyl (C=O) groups excluding carboxylic acids is 2. The molecule has 2 amide bonds. The first-order valence-corrected chi connectivity index (χ1v) is 6.87. The van der Waals surface area contributed by atoms with Gasteiger partial charge in [-0.25, -0.2) is 9.59 Å². The quantitative estimate of drug-likeness (QED) is 0.695. The Morgan fingerprint density at radius 1 is 1.27 bits per heavy atom. The second-order valence-electron chi connectivity index (χ2n) is 4.86. The molecule has 0 radical (unpaired) electrons. The summed E-state index contributed by atoms with van der Waals surface area (Å²) in [5.74, 6) is 0.756. The van der Waals surface area contributed by atoms with E-state index in [-0.39, 0.29) is 5.76 Å². The van der Waals surface area contributed by atoms with E-state index in [0.717, 1.165) is 11.3 Å². The van der Waals surface area contributed by atoms with E-state index in [9.17, 15) is 9.59 Å². The highest BCUT2D eigenvalue weighted by Gasteiger charge is 2.17. The van der Waals surface area contributed by atoms with Crippen LogP contribution in [0.2, 0.25) is 0 Å². The number of hydrogen-bond acceptors (Lipinski definition) is 4. The summed E-state index contributed by atoms with van der Waals surface area (Å²) in [7, 11) is 1.56. The Balaban J connectivity index is 2.11. The number of benzene rings is 1. The molecule has 0 saturated heterocycles. The number of aryl methyl sites for hydroxylation is 2. The zero-order chi connectivity index (χ0) is 16.3. The highest BCUT2D eigenvalue weighted by molar-refractivity contribution is 5.91. The zero-order valence-corrected chi connectivity index (χ0v) is 12.8. The van der Waals surface area contributed by atoms with Crippen LogP contribution in [0.25, 0.3) is 0 Å². The molecule has 6 heteroatoms. The van der Waals surface area contributed by atoms with Crippen molar-refractivity contribution in [3.05, 3.63) is 47.4 Å². The minimum Gasteiger partial charge on any atom is -0.454 e. The van der Waals surface area contributed by atoms with Crippen molar-refractivity contribution in [1.82, 2.24) is 0 Å². The van der Waals surface area contributed by atoms with Crippen molar-refractivity contribution >= 4 is 17.7 Å². The van der Waals surface area contributed by atoms with E-state index in [0.29, 0.717) is 17.9 Å². The van der Waals surface area contributed by atoms with Gasteiger partial charge in [0.15, 0.2) is 0 Å². The van der Waals surface area contributed by atoms with Gasteiger partial charge in [0.2, 0.25) is 5.76 Å². The molecule has 2 aromatic rings. The highest BCUT2D eigenvalue weighted by Crippen LogP contribution is 2.21.